The number of aryl methyl sites for hydroxylation is 3. The number of rotatable bonds is 3. The number of carbonyl (C=O) groups excluding carboxylic acids is 1. The number of aromatic nitrogens is 2. The molecule has 4 aromatic rings. The first-order valence-corrected chi connectivity index (χ1v) is 10.2. The van der Waals surface area contributed by atoms with Gasteiger partial charge in [-0.3, -0.25) is 9.78 Å². The Kier molecular flexibility index (Phi) is 8.71. The first-order chi connectivity index (χ1) is 14.7. The topological polar surface area (TPSA) is 55.1 Å². The second kappa shape index (κ2) is 11.0. The van der Waals surface area contributed by atoms with Crippen LogP contribution in [0, 0.1) is 26.8 Å². The van der Waals surface area contributed by atoms with Crippen LogP contribution in [0.3, 0.4) is 0 Å². The quantitative estimate of drug-likeness (QED) is 0.166. The Morgan fingerprint density at radius 3 is 2.28 bits per heavy atom. The number of nitrogens with zero attached hydrogens (tertiary/aromatic N) is 2. The van der Waals surface area contributed by atoms with E-state index in [-0.39, 0.29) is 31.6 Å². The van der Waals surface area contributed by atoms with Crippen molar-refractivity contribution in [3.63, 3.8) is 0 Å². The van der Waals surface area contributed by atoms with Gasteiger partial charge in [0.1, 0.15) is 0 Å². The number of benzene rings is 2. The van der Waals surface area contributed by atoms with Crippen molar-refractivity contribution in [1.29, 1.82) is 0 Å². The fourth-order valence-corrected chi connectivity index (χ4v) is 3.52. The van der Waals surface area contributed by atoms with Crippen molar-refractivity contribution in [2.24, 2.45) is 0 Å². The summed E-state index contributed by atoms with van der Waals surface area (Å²) >= 11 is 0. The van der Waals surface area contributed by atoms with Crippen LogP contribution in [-0.2, 0) is 24.9 Å². The van der Waals surface area contributed by atoms with E-state index in [0.717, 1.165) is 33.4 Å². The van der Waals surface area contributed by atoms with Crippen LogP contribution in [0.4, 0.5) is 0 Å². The first-order valence-electron chi connectivity index (χ1n) is 10.2. The zero-order chi connectivity index (χ0) is 22.5. The van der Waals surface area contributed by atoms with Gasteiger partial charge in [-0.15, -0.1) is 34.9 Å². The minimum Gasteiger partial charge on any atom is -0.512 e. The normalized spacial score (nSPS) is 10.8. The Bertz CT molecular complexity index is 1230. The summed E-state index contributed by atoms with van der Waals surface area (Å²) in [5.41, 5.74) is 7.78. The molecular weight excluding hydrogens is 577 g/mol. The zero-order valence-corrected chi connectivity index (χ0v) is 21.3. The Hall–Kier alpha value is -3.01. The molecular formula is C27H27IrN2O2-. The van der Waals surface area contributed by atoms with Gasteiger partial charge in [-0.25, -0.2) is 0 Å². The van der Waals surface area contributed by atoms with E-state index in [1.807, 2.05) is 24.5 Å². The molecule has 0 bridgehead atoms. The van der Waals surface area contributed by atoms with Gasteiger partial charge in [-0.1, -0.05) is 31.5 Å². The summed E-state index contributed by atoms with van der Waals surface area (Å²) in [5, 5.41) is 9.53. The van der Waals surface area contributed by atoms with Gasteiger partial charge in [0.25, 0.3) is 0 Å². The minimum atomic E-state index is -0.125. The van der Waals surface area contributed by atoms with E-state index in [1.54, 1.807) is 0 Å². The molecule has 0 saturated carbocycles. The van der Waals surface area contributed by atoms with Crippen molar-refractivity contribution in [1.82, 2.24) is 9.55 Å². The third-order valence-corrected chi connectivity index (χ3v) is 4.71. The first kappa shape index (κ1) is 25.3. The predicted molar refractivity (Wildman–Crippen MR) is 127 cm³/mol. The van der Waals surface area contributed by atoms with E-state index < -0.39 is 0 Å². The van der Waals surface area contributed by atoms with E-state index in [1.165, 1.54) is 31.1 Å². The minimum absolute atomic E-state index is 0. The largest absolute Gasteiger partial charge is 0.512 e. The molecule has 0 amide bonds. The van der Waals surface area contributed by atoms with Crippen LogP contribution in [0.5, 0.6) is 0 Å². The van der Waals surface area contributed by atoms with Crippen LogP contribution in [0.25, 0.3) is 27.8 Å². The van der Waals surface area contributed by atoms with Gasteiger partial charge >= 0.3 is 0 Å². The molecule has 4 nitrogen and oxygen atoms in total. The molecule has 0 spiro atoms. The second-order valence-corrected chi connectivity index (χ2v) is 7.77. The maximum absolute atomic E-state index is 10.0. The van der Waals surface area contributed by atoms with Gasteiger partial charge in [0.2, 0.25) is 0 Å². The number of hydrogen-bond acceptors (Lipinski definition) is 3. The maximum atomic E-state index is 10.0. The second-order valence-electron chi connectivity index (χ2n) is 7.77. The fourth-order valence-electron chi connectivity index (χ4n) is 3.52. The number of allylic oxidation sites excluding steroid dienone is 2. The molecule has 0 saturated heterocycles. The van der Waals surface area contributed by atoms with Gasteiger partial charge in [-0.2, -0.15) is 0 Å². The van der Waals surface area contributed by atoms with Gasteiger partial charge < -0.3 is 9.67 Å². The van der Waals surface area contributed by atoms with E-state index in [2.05, 4.69) is 67.8 Å². The maximum Gasteiger partial charge on any atom is 0.155 e. The van der Waals surface area contributed by atoms with Gasteiger partial charge in [0, 0.05) is 44.3 Å². The molecule has 5 heteroatoms. The molecule has 0 aliphatic rings. The molecule has 0 unspecified atom stereocenters. The number of aliphatic hydroxyl groups is 1. The van der Waals surface area contributed by atoms with Gasteiger partial charge in [0.15, 0.2) is 5.78 Å². The third kappa shape index (κ3) is 6.49. The molecule has 2 heterocycles. The molecule has 167 valence electrons. The molecule has 2 aromatic heterocycles. The predicted octanol–water partition coefficient (Wildman–Crippen LogP) is 6.45. The zero-order valence-electron chi connectivity index (χ0n) is 18.9. The molecule has 4 rings (SSSR count). The van der Waals surface area contributed by atoms with Crippen LogP contribution in [0.2, 0.25) is 0 Å². The van der Waals surface area contributed by atoms with Crippen LogP contribution in [-0.4, -0.2) is 20.4 Å². The molecule has 32 heavy (non-hydrogen) atoms. The van der Waals surface area contributed by atoms with Gasteiger partial charge in [-0.05, 0) is 56.1 Å². The van der Waals surface area contributed by atoms with Crippen molar-refractivity contribution >= 4 is 16.7 Å². The number of pyridine rings is 1. The number of ketones is 1. The van der Waals surface area contributed by atoms with Crippen molar-refractivity contribution in [3.8, 4) is 16.9 Å². The number of hydrogen-bond donors (Lipinski definition) is 1. The molecule has 1 radical (unpaired) electrons. The molecule has 0 aliphatic heterocycles. The molecule has 0 aliphatic carbocycles. The summed E-state index contributed by atoms with van der Waals surface area (Å²) in [6.45, 7) is 9.16. The Morgan fingerprint density at radius 2 is 1.72 bits per heavy atom. The van der Waals surface area contributed by atoms with E-state index >= 15 is 0 Å². The standard InChI is InChI=1S/C22H19N2.C5H8O2.Ir/c1-15-10-16(2)12-19(11-15)22-17(3)13-18-6-7-20(14-21(18)23-22)24-8-4-5-9-24;1-4(6)3-5(2)7;/h4-11,13-14H,1-3H3;3,6H,1-2H3;/q-1;;/b;4-3-;. The smallest absolute Gasteiger partial charge is 0.155 e. The summed E-state index contributed by atoms with van der Waals surface area (Å²) in [5.74, 6) is -0.0625. The van der Waals surface area contributed by atoms with Crippen molar-refractivity contribution in [3.05, 3.63) is 95.5 Å². The van der Waals surface area contributed by atoms with Crippen molar-refractivity contribution in [2.75, 3.05) is 0 Å². The van der Waals surface area contributed by atoms with Crippen LogP contribution in [0.15, 0.2) is 72.8 Å². The molecule has 0 atom stereocenters. The van der Waals surface area contributed by atoms with Crippen molar-refractivity contribution < 1.29 is 30.0 Å². The monoisotopic (exact) mass is 604 g/mol. The summed E-state index contributed by atoms with van der Waals surface area (Å²) < 4.78 is 2.10. The number of aliphatic hydroxyl groups excluding tert-OH is 1. The van der Waals surface area contributed by atoms with Crippen LogP contribution in [0.1, 0.15) is 30.5 Å². The Labute approximate surface area is 203 Å². The van der Waals surface area contributed by atoms with Crippen LogP contribution >= 0.6 is 0 Å². The van der Waals surface area contributed by atoms with Crippen LogP contribution < -0.4 is 0 Å². The molecule has 0 fully saturated rings. The fraction of sp³-hybridized carbons (Fsp3) is 0.185. The summed E-state index contributed by atoms with van der Waals surface area (Å²) in [6, 6.07) is 20.4. The summed E-state index contributed by atoms with van der Waals surface area (Å²) in [4.78, 5) is 15.0. The van der Waals surface area contributed by atoms with Gasteiger partial charge in [0.05, 0.1) is 11.3 Å². The summed E-state index contributed by atoms with van der Waals surface area (Å²) in [7, 11) is 0. The Morgan fingerprint density at radius 1 is 1.03 bits per heavy atom. The molecule has 1 N–H and O–H groups in total. The molecule has 2 aromatic carbocycles. The number of fused-ring (bicyclic) bond motifs is 1. The SMILES string of the molecule is CC(=O)/C=C(/C)O.Cc1[c-]c(-c2nc3cc(-n4cccc4)ccc3cc2C)cc(C)c1.[Ir]. The number of carbonyl (C=O) groups is 1. The third-order valence-electron chi connectivity index (χ3n) is 4.71. The average Bonchev–Trinajstić information content (AvgIpc) is 3.20. The van der Waals surface area contributed by atoms with E-state index in [0.29, 0.717) is 0 Å². The average molecular weight is 604 g/mol. The van der Waals surface area contributed by atoms with E-state index in [4.69, 9.17) is 10.1 Å². The Balaban J connectivity index is 0.000000398. The summed E-state index contributed by atoms with van der Waals surface area (Å²) in [6.07, 6.45) is 5.27. The van der Waals surface area contributed by atoms with E-state index in [9.17, 15) is 4.79 Å². The van der Waals surface area contributed by atoms with Crippen molar-refractivity contribution in [2.45, 2.75) is 34.6 Å².